The molecule has 14 heteroatoms. The Morgan fingerprint density at radius 1 is 1.11 bits per heavy atom. The molecule has 2 aromatic carbocycles. The van der Waals surface area contributed by atoms with Gasteiger partial charge in [0.05, 0.1) is 39.6 Å². The lowest BCUT2D eigenvalue weighted by atomic mass is 9.74. The van der Waals surface area contributed by atoms with Crippen molar-refractivity contribution in [1.82, 2.24) is 9.97 Å². The Morgan fingerprint density at radius 2 is 1.85 bits per heavy atom. The first kappa shape index (κ1) is 31.3. The first-order valence-electron chi connectivity index (χ1n) is 14.7. The van der Waals surface area contributed by atoms with Gasteiger partial charge < -0.3 is 14.4 Å². The number of piperidine rings is 1. The Kier molecular flexibility index (Phi) is 8.14. The van der Waals surface area contributed by atoms with Crippen LogP contribution in [0.4, 0.5) is 35.2 Å². The molecule has 6 rings (SSSR count). The van der Waals surface area contributed by atoms with Crippen LogP contribution in [0.2, 0.25) is 0 Å². The van der Waals surface area contributed by atoms with Gasteiger partial charge in [-0.1, -0.05) is 6.07 Å². The Balaban J connectivity index is 1.33. The molecule has 11 nitrogen and oxygen atoms in total. The highest BCUT2D eigenvalue weighted by molar-refractivity contribution is 5.92. The Labute approximate surface area is 266 Å². The third-order valence-electron chi connectivity index (χ3n) is 8.47. The van der Waals surface area contributed by atoms with Crippen molar-refractivity contribution < 1.29 is 32.4 Å². The minimum Gasteiger partial charge on any atom is -0.477 e. The molecule has 0 saturated carbocycles. The average molecular weight is 645 g/mol. The number of alkyl halides is 3. The zero-order chi connectivity index (χ0) is 33.3. The van der Waals surface area contributed by atoms with Crippen molar-refractivity contribution in [2.45, 2.75) is 31.4 Å². The van der Waals surface area contributed by atoms with E-state index < -0.39 is 28.2 Å². The molecule has 1 amide bonds. The number of ether oxygens (including phenoxy) is 2. The molecule has 0 N–H and O–H groups in total. The molecule has 2 aromatic heterocycles. The monoisotopic (exact) mass is 644 g/mol. The number of amides is 1. The fourth-order valence-corrected chi connectivity index (χ4v) is 6.14. The van der Waals surface area contributed by atoms with E-state index in [-0.39, 0.29) is 23.5 Å². The van der Waals surface area contributed by atoms with E-state index in [0.29, 0.717) is 61.2 Å². The number of nitrogens with zero attached hydrogens (tertiary/aromatic N) is 6. The molecule has 0 aliphatic carbocycles. The van der Waals surface area contributed by atoms with Gasteiger partial charge in [-0.2, -0.15) is 18.4 Å². The predicted octanol–water partition coefficient (Wildman–Crippen LogP) is 6.90. The third-order valence-corrected chi connectivity index (χ3v) is 8.47. The molecule has 240 valence electrons. The fourth-order valence-electron chi connectivity index (χ4n) is 6.14. The molecule has 0 unspecified atom stereocenters. The van der Waals surface area contributed by atoms with Gasteiger partial charge in [0.25, 0.3) is 5.69 Å². The minimum absolute atomic E-state index is 0.0659. The SMILES string of the molecule is CCOc1ncccc1-c1ccc2c(n1)N(C(=O)Oc1ccc([N+](=O)[O-])cc1)CC21CCN(c2ccc(C(F)(F)F)cc2C#N)CC1. The lowest BCUT2D eigenvalue weighted by molar-refractivity contribution is -0.384. The Morgan fingerprint density at radius 3 is 2.51 bits per heavy atom. The van der Waals surface area contributed by atoms with Crippen LogP contribution in [0.15, 0.2) is 72.9 Å². The van der Waals surface area contributed by atoms with Crippen molar-refractivity contribution in [3.05, 3.63) is 99.7 Å². The molecule has 1 spiro atoms. The second kappa shape index (κ2) is 12.2. The van der Waals surface area contributed by atoms with Crippen LogP contribution in [-0.2, 0) is 11.6 Å². The molecule has 2 aliphatic heterocycles. The van der Waals surface area contributed by atoms with Gasteiger partial charge in [-0.3, -0.25) is 15.0 Å². The number of hydrogen-bond donors (Lipinski definition) is 0. The number of pyridine rings is 2. The van der Waals surface area contributed by atoms with Crippen LogP contribution in [0, 0.1) is 21.4 Å². The maximum absolute atomic E-state index is 13.7. The van der Waals surface area contributed by atoms with Gasteiger partial charge in [-0.05, 0) is 68.3 Å². The molecule has 4 heterocycles. The number of aromatic nitrogens is 2. The van der Waals surface area contributed by atoms with E-state index in [1.807, 2.05) is 36.1 Å². The smallest absolute Gasteiger partial charge is 0.420 e. The quantitative estimate of drug-likeness (QED) is 0.162. The number of benzene rings is 2. The molecular weight excluding hydrogens is 617 g/mol. The van der Waals surface area contributed by atoms with Gasteiger partial charge >= 0.3 is 12.3 Å². The average Bonchev–Trinajstić information content (AvgIpc) is 3.38. The highest BCUT2D eigenvalue weighted by atomic mass is 19.4. The number of anilines is 2. The van der Waals surface area contributed by atoms with Crippen molar-refractivity contribution in [2.75, 3.05) is 36.0 Å². The van der Waals surface area contributed by atoms with Crippen LogP contribution in [0.5, 0.6) is 11.6 Å². The molecule has 47 heavy (non-hydrogen) atoms. The second-order valence-corrected chi connectivity index (χ2v) is 11.2. The number of carbonyl (C=O) groups is 1. The van der Waals surface area contributed by atoms with Crippen LogP contribution in [0.3, 0.4) is 0 Å². The third kappa shape index (κ3) is 5.99. The maximum atomic E-state index is 13.7. The zero-order valence-electron chi connectivity index (χ0n) is 25.0. The van der Waals surface area contributed by atoms with Crippen molar-refractivity contribution in [2.24, 2.45) is 0 Å². The van der Waals surface area contributed by atoms with Gasteiger partial charge in [-0.15, -0.1) is 0 Å². The van der Waals surface area contributed by atoms with Crippen LogP contribution >= 0.6 is 0 Å². The summed E-state index contributed by atoms with van der Waals surface area (Å²) < 4.78 is 51.2. The number of fused-ring (bicyclic) bond motifs is 2. The standard InChI is InChI=1S/C33H27F3N6O5/c1-2-46-30-25(4-3-15-38-30)27-11-10-26-29(39-27)41(31(43)47-24-8-6-23(7-9-24)42(44)45)20-32(26)13-16-40(17-14-32)28-12-5-22(33(34,35)36)18-21(28)19-37/h3-12,15,18H,2,13-14,16-17,20H2,1H3. The second-order valence-electron chi connectivity index (χ2n) is 11.2. The zero-order valence-corrected chi connectivity index (χ0v) is 25.0. The van der Waals surface area contributed by atoms with Crippen molar-refractivity contribution >= 4 is 23.3 Å². The van der Waals surface area contributed by atoms with E-state index in [4.69, 9.17) is 14.5 Å². The molecule has 0 bridgehead atoms. The van der Waals surface area contributed by atoms with E-state index >= 15 is 0 Å². The maximum Gasteiger partial charge on any atom is 0.420 e. The van der Waals surface area contributed by atoms with Crippen molar-refractivity contribution in [3.63, 3.8) is 0 Å². The minimum atomic E-state index is -4.57. The molecule has 0 atom stereocenters. The largest absolute Gasteiger partial charge is 0.477 e. The van der Waals surface area contributed by atoms with Crippen LogP contribution in [0.1, 0.15) is 36.5 Å². The number of rotatable bonds is 6. The molecule has 1 saturated heterocycles. The van der Waals surface area contributed by atoms with E-state index in [1.54, 1.807) is 12.3 Å². The number of non-ortho nitro benzene ring substituents is 1. The lowest BCUT2D eigenvalue weighted by Gasteiger charge is -2.41. The van der Waals surface area contributed by atoms with Gasteiger partial charge in [0.15, 0.2) is 0 Å². The highest BCUT2D eigenvalue weighted by Gasteiger charge is 2.48. The van der Waals surface area contributed by atoms with Crippen LogP contribution in [-0.4, -0.2) is 47.2 Å². The van der Waals surface area contributed by atoms with E-state index in [1.165, 1.54) is 35.2 Å². The number of nitriles is 1. The van der Waals surface area contributed by atoms with Gasteiger partial charge in [0.2, 0.25) is 5.88 Å². The van der Waals surface area contributed by atoms with Gasteiger partial charge in [-0.25, -0.2) is 14.8 Å². The number of hydrogen-bond acceptors (Lipinski definition) is 9. The molecule has 2 aliphatic rings. The summed E-state index contributed by atoms with van der Waals surface area (Å²) in [6.07, 6.45) is -2.68. The van der Waals surface area contributed by atoms with E-state index in [9.17, 15) is 33.3 Å². The molecule has 4 aromatic rings. The first-order valence-corrected chi connectivity index (χ1v) is 14.7. The van der Waals surface area contributed by atoms with E-state index in [2.05, 4.69) is 4.98 Å². The van der Waals surface area contributed by atoms with Crippen molar-refractivity contribution in [3.8, 4) is 29.0 Å². The number of carbonyl (C=O) groups excluding carboxylic acids is 1. The van der Waals surface area contributed by atoms with Gasteiger partial charge in [0, 0.05) is 48.9 Å². The Bertz CT molecular complexity index is 1890. The molecule has 1 fully saturated rings. The molecular formula is C33H27F3N6O5. The number of nitro benzene ring substituents is 1. The summed E-state index contributed by atoms with van der Waals surface area (Å²) in [7, 11) is 0. The van der Waals surface area contributed by atoms with Crippen LogP contribution in [0.25, 0.3) is 11.3 Å². The van der Waals surface area contributed by atoms with Crippen LogP contribution < -0.4 is 19.3 Å². The summed E-state index contributed by atoms with van der Waals surface area (Å²) in [5.41, 5.74) is 0.692. The Hall–Kier alpha value is -5.71. The first-order chi connectivity index (χ1) is 22.5. The summed E-state index contributed by atoms with van der Waals surface area (Å²) in [6.45, 7) is 3.24. The lowest BCUT2D eigenvalue weighted by Crippen LogP contribution is -2.46. The predicted molar refractivity (Wildman–Crippen MR) is 164 cm³/mol. The van der Waals surface area contributed by atoms with Gasteiger partial charge in [0.1, 0.15) is 17.6 Å². The van der Waals surface area contributed by atoms with E-state index in [0.717, 1.165) is 17.7 Å². The van der Waals surface area contributed by atoms with Crippen molar-refractivity contribution in [1.29, 1.82) is 5.26 Å². The summed E-state index contributed by atoms with van der Waals surface area (Å²) in [5, 5.41) is 20.7. The highest BCUT2D eigenvalue weighted by Crippen LogP contribution is 2.48. The number of nitro groups is 1. The summed E-state index contributed by atoms with van der Waals surface area (Å²) in [4.78, 5) is 36.7. The topological polar surface area (TPSA) is 135 Å². The summed E-state index contributed by atoms with van der Waals surface area (Å²) in [5.74, 6) is 0.876. The summed E-state index contributed by atoms with van der Waals surface area (Å²) >= 11 is 0. The summed E-state index contributed by atoms with van der Waals surface area (Å²) in [6, 6.07) is 17.5. The normalized spacial score (nSPS) is 15.2. The fraction of sp³-hybridized carbons (Fsp3) is 0.273. The molecule has 0 radical (unpaired) electrons. The number of halogens is 3.